The van der Waals surface area contributed by atoms with Crippen LogP contribution in [0.1, 0.15) is 10.4 Å². The summed E-state index contributed by atoms with van der Waals surface area (Å²) in [4.78, 5) is 15.5. The topological polar surface area (TPSA) is 73.6 Å². The summed E-state index contributed by atoms with van der Waals surface area (Å²) in [5.74, 6) is -0.951. The maximum Gasteiger partial charge on any atom is 0.337 e. The molecule has 1 atom stereocenters. The van der Waals surface area contributed by atoms with Crippen molar-refractivity contribution in [2.24, 2.45) is 0 Å². The molecule has 0 amide bonds. The first kappa shape index (κ1) is 12.1. The van der Waals surface area contributed by atoms with Crippen LogP contribution in [0.4, 0.5) is 0 Å². The summed E-state index contributed by atoms with van der Waals surface area (Å²) in [6, 6.07) is 5.08. The fourth-order valence-electron chi connectivity index (χ4n) is 2.30. The van der Waals surface area contributed by atoms with Gasteiger partial charge in [-0.25, -0.2) is 9.78 Å². The fraction of sp³-hybridized carbons (Fsp3) is 0.385. The van der Waals surface area contributed by atoms with Crippen LogP contribution in [0.2, 0.25) is 0 Å². The van der Waals surface area contributed by atoms with Gasteiger partial charge in [0, 0.05) is 0 Å². The van der Waals surface area contributed by atoms with Crippen LogP contribution in [0.5, 0.6) is 0 Å². The molecule has 1 fully saturated rings. The largest absolute Gasteiger partial charge is 0.478 e. The average Bonchev–Trinajstić information content (AvgIpc) is 2.83. The molecule has 1 aliphatic heterocycles. The molecular weight excluding hydrogens is 248 g/mol. The Hall–Kier alpha value is -1.92. The molecule has 1 unspecified atom stereocenters. The van der Waals surface area contributed by atoms with E-state index in [0.717, 1.165) is 0 Å². The first-order chi connectivity index (χ1) is 9.25. The normalized spacial score (nSPS) is 19.7. The number of para-hydroxylation sites is 1. The predicted octanol–water partition coefficient (Wildman–Crippen LogP) is 1.15. The lowest BCUT2D eigenvalue weighted by Crippen LogP contribution is -2.32. The van der Waals surface area contributed by atoms with Crippen molar-refractivity contribution in [2.45, 2.75) is 12.6 Å². The van der Waals surface area contributed by atoms with Gasteiger partial charge in [-0.2, -0.15) is 0 Å². The lowest BCUT2D eigenvalue weighted by Gasteiger charge is -2.23. The molecule has 6 nitrogen and oxygen atoms in total. The minimum absolute atomic E-state index is 0.0620. The zero-order valence-electron chi connectivity index (χ0n) is 10.3. The van der Waals surface area contributed by atoms with Gasteiger partial charge in [-0.3, -0.25) is 0 Å². The molecule has 0 bridgehead atoms. The summed E-state index contributed by atoms with van der Waals surface area (Å²) in [5, 5.41) is 9.23. The Morgan fingerprint density at radius 1 is 1.47 bits per heavy atom. The Balaban J connectivity index is 1.96. The van der Waals surface area contributed by atoms with Gasteiger partial charge in [0.15, 0.2) is 0 Å². The van der Waals surface area contributed by atoms with Gasteiger partial charge in [0.2, 0.25) is 0 Å². The van der Waals surface area contributed by atoms with Crippen LogP contribution in [0, 0.1) is 0 Å². The van der Waals surface area contributed by atoms with Crippen molar-refractivity contribution < 1.29 is 19.4 Å². The molecule has 1 aromatic heterocycles. The second-order valence-corrected chi connectivity index (χ2v) is 4.44. The molecule has 0 spiro atoms. The van der Waals surface area contributed by atoms with E-state index in [-0.39, 0.29) is 11.7 Å². The standard InChI is InChI=1S/C13H14N2O4/c16-13(17)10-2-1-3-11-12(10)15(8-14-11)6-9-7-18-4-5-19-9/h1-3,8-9H,4-7H2,(H,16,17). The van der Waals surface area contributed by atoms with E-state index in [9.17, 15) is 9.90 Å². The second-order valence-electron chi connectivity index (χ2n) is 4.44. The maximum absolute atomic E-state index is 11.3. The highest BCUT2D eigenvalue weighted by Gasteiger charge is 2.18. The molecule has 19 heavy (non-hydrogen) atoms. The number of hydrogen-bond acceptors (Lipinski definition) is 4. The molecule has 0 aliphatic carbocycles. The van der Waals surface area contributed by atoms with Gasteiger partial charge in [-0.05, 0) is 12.1 Å². The van der Waals surface area contributed by atoms with Crippen LogP contribution in [-0.4, -0.2) is 46.6 Å². The van der Waals surface area contributed by atoms with Gasteiger partial charge in [-0.15, -0.1) is 0 Å². The minimum atomic E-state index is -0.951. The van der Waals surface area contributed by atoms with Crippen molar-refractivity contribution in [1.29, 1.82) is 0 Å². The second kappa shape index (κ2) is 4.99. The van der Waals surface area contributed by atoms with Gasteiger partial charge in [0.05, 0.1) is 55.4 Å². The summed E-state index contributed by atoms with van der Waals surface area (Å²) in [5.41, 5.74) is 1.56. The third-order valence-electron chi connectivity index (χ3n) is 3.15. The fourth-order valence-corrected chi connectivity index (χ4v) is 2.30. The molecular formula is C13H14N2O4. The summed E-state index contributed by atoms with van der Waals surface area (Å²) in [6.07, 6.45) is 1.59. The first-order valence-electron chi connectivity index (χ1n) is 6.12. The summed E-state index contributed by atoms with van der Waals surface area (Å²) < 4.78 is 12.7. The van der Waals surface area contributed by atoms with E-state index in [4.69, 9.17) is 9.47 Å². The van der Waals surface area contributed by atoms with E-state index >= 15 is 0 Å². The van der Waals surface area contributed by atoms with E-state index in [1.165, 1.54) is 0 Å². The van der Waals surface area contributed by atoms with Crippen LogP contribution >= 0.6 is 0 Å². The highest BCUT2D eigenvalue weighted by Crippen LogP contribution is 2.19. The lowest BCUT2D eigenvalue weighted by molar-refractivity contribution is -0.0932. The van der Waals surface area contributed by atoms with Crippen LogP contribution in [0.15, 0.2) is 24.5 Å². The Labute approximate surface area is 109 Å². The number of rotatable bonds is 3. The molecule has 1 N–H and O–H groups in total. The SMILES string of the molecule is O=C(O)c1cccc2ncn(CC3COCCO3)c12. The van der Waals surface area contributed by atoms with E-state index in [2.05, 4.69) is 4.98 Å². The third-order valence-corrected chi connectivity index (χ3v) is 3.15. The smallest absolute Gasteiger partial charge is 0.337 e. The molecule has 0 radical (unpaired) electrons. The number of carbonyl (C=O) groups is 1. The molecule has 1 aromatic carbocycles. The van der Waals surface area contributed by atoms with Crippen molar-refractivity contribution in [3.63, 3.8) is 0 Å². The summed E-state index contributed by atoms with van der Waals surface area (Å²) in [7, 11) is 0. The van der Waals surface area contributed by atoms with Crippen molar-refractivity contribution in [3.8, 4) is 0 Å². The van der Waals surface area contributed by atoms with Gasteiger partial charge < -0.3 is 19.1 Å². The summed E-state index contributed by atoms with van der Waals surface area (Å²) in [6.45, 7) is 2.25. The number of aromatic nitrogens is 2. The number of hydrogen-bond donors (Lipinski definition) is 1. The highest BCUT2D eigenvalue weighted by atomic mass is 16.6. The molecule has 1 aliphatic rings. The Bertz CT molecular complexity index is 602. The lowest BCUT2D eigenvalue weighted by atomic mass is 10.2. The quantitative estimate of drug-likeness (QED) is 0.898. The van der Waals surface area contributed by atoms with Gasteiger partial charge >= 0.3 is 5.97 Å². The Morgan fingerprint density at radius 2 is 2.37 bits per heavy atom. The zero-order valence-corrected chi connectivity index (χ0v) is 10.3. The molecule has 100 valence electrons. The Kier molecular flexibility index (Phi) is 3.18. The minimum Gasteiger partial charge on any atom is -0.478 e. The number of ether oxygens (including phenoxy) is 2. The van der Waals surface area contributed by atoms with Gasteiger partial charge in [0.1, 0.15) is 0 Å². The number of carboxylic acid groups (broad SMARTS) is 1. The highest BCUT2D eigenvalue weighted by molar-refractivity contribution is 6.01. The molecule has 2 aromatic rings. The molecule has 1 saturated heterocycles. The average molecular weight is 262 g/mol. The Morgan fingerprint density at radius 3 is 3.11 bits per heavy atom. The predicted molar refractivity (Wildman–Crippen MR) is 67.3 cm³/mol. The zero-order chi connectivity index (χ0) is 13.2. The van der Waals surface area contributed by atoms with Crippen molar-refractivity contribution in [2.75, 3.05) is 19.8 Å². The van der Waals surface area contributed by atoms with Crippen molar-refractivity contribution >= 4 is 17.0 Å². The maximum atomic E-state index is 11.3. The number of nitrogens with zero attached hydrogens (tertiary/aromatic N) is 2. The molecule has 0 saturated carbocycles. The number of fused-ring (bicyclic) bond motifs is 1. The number of aromatic carboxylic acids is 1. The van der Waals surface area contributed by atoms with Crippen LogP contribution in [0.25, 0.3) is 11.0 Å². The van der Waals surface area contributed by atoms with Gasteiger partial charge in [-0.1, -0.05) is 6.07 Å². The van der Waals surface area contributed by atoms with Gasteiger partial charge in [0.25, 0.3) is 0 Å². The number of imidazole rings is 1. The van der Waals surface area contributed by atoms with Crippen molar-refractivity contribution in [3.05, 3.63) is 30.1 Å². The van der Waals surface area contributed by atoms with E-state index in [1.54, 1.807) is 24.5 Å². The number of carboxylic acids is 1. The van der Waals surface area contributed by atoms with E-state index in [0.29, 0.717) is 37.4 Å². The molecule has 6 heteroatoms. The van der Waals surface area contributed by atoms with E-state index < -0.39 is 5.97 Å². The first-order valence-corrected chi connectivity index (χ1v) is 6.12. The monoisotopic (exact) mass is 262 g/mol. The van der Waals surface area contributed by atoms with Crippen LogP contribution in [0.3, 0.4) is 0 Å². The third kappa shape index (κ3) is 2.32. The van der Waals surface area contributed by atoms with Crippen LogP contribution < -0.4 is 0 Å². The molecule has 3 rings (SSSR count). The van der Waals surface area contributed by atoms with Crippen LogP contribution in [-0.2, 0) is 16.0 Å². The van der Waals surface area contributed by atoms with Crippen molar-refractivity contribution in [1.82, 2.24) is 9.55 Å². The summed E-state index contributed by atoms with van der Waals surface area (Å²) >= 11 is 0. The molecule has 2 heterocycles. The number of benzene rings is 1. The van der Waals surface area contributed by atoms with E-state index in [1.807, 2.05) is 4.57 Å².